The summed E-state index contributed by atoms with van der Waals surface area (Å²) in [6, 6.07) is 8.28. The van der Waals surface area contributed by atoms with E-state index >= 15 is 0 Å². The minimum absolute atomic E-state index is 0.224. The Balaban J connectivity index is 2.57. The number of ketones is 1. The van der Waals surface area contributed by atoms with E-state index in [0.717, 1.165) is 24.9 Å². The number of carbonyl (C=O) groups is 1. The van der Waals surface area contributed by atoms with Gasteiger partial charge in [-0.3, -0.25) is 4.79 Å². The molecule has 1 aromatic rings. The molecular weight excluding hydrogens is 210 g/mol. The van der Waals surface area contributed by atoms with Gasteiger partial charge in [0.05, 0.1) is 0 Å². The van der Waals surface area contributed by atoms with Gasteiger partial charge < -0.3 is 5.32 Å². The molecule has 0 amide bonds. The lowest BCUT2D eigenvalue weighted by Crippen LogP contribution is -2.28. The van der Waals surface area contributed by atoms with Gasteiger partial charge >= 0.3 is 0 Å². The first-order valence-corrected chi connectivity index (χ1v) is 6.52. The predicted molar refractivity (Wildman–Crippen MR) is 72.5 cm³/mol. The fraction of sp³-hybridized carbons (Fsp3) is 0.533. The molecule has 1 unspecified atom stereocenters. The number of hydrogen-bond acceptors (Lipinski definition) is 2. The van der Waals surface area contributed by atoms with Crippen molar-refractivity contribution in [2.45, 2.75) is 46.1 Å². The Morgan fingerprint density at radius 2 is 1.88 bits per heavy atom. The summed E-state index contributed by atoms with van der Waals surface area (Å²) in [7, 11) is 0. The lowest BCUT2D eigenvalue weighted by molar-refractivity contribution is 0.0972. The van der Waals surface area contributed by atoms with E-state index < -0.39 is 0 Å². The summed E-state index contributed by atoms with van der Waals surface area (Å²) < 4.78 is 0. The largest absolute Gasteiger partial charge is 0.314 e. The Morgan fingerprint density at radius 3 is 2.41 bits per heavy atom. The van der Waals surface area contributed by atoms with Crippen LogP contribution in [0.4, 0.5) is 0 Å². The predicted octanol–water partition coefficient (Wildman–Crippen LogP) is 3.21. The van der Waals surface area contributed by atoms with E-state index in [0.29, 0.717) is 6.42 Å². The van der Waals surface area contributed by atoms with Crippen molar-refractivity contribution in [3.63, 3.8) is 0 Å². The summed E-state index contributed by atoms with van der Waals surface area (Å²) in [6.07, 6.45) is 2.80. The van der Waals surface area contributed by atoms with Gasteiger partial charge in [0.1, 0.15) is 0 Å². The molecule has 1 N–H and O–H groups in total. The number of benzene rings is 1. The number of carbonyl (C=O) groups excluding carboxylic acids is 1. The van der Waals surface area contributed by atoms with Crippen LogP contribution in [0.5, 0.6) is 0 Å². The zero-order valence-corrected chi connectivity index (χ0v) is 11.1. The molecule has 0 aliphatic heterocycles. The maximum Gasteiger partial charge on any atom is 0.164 e. The van der Waals surface area contributed by atoms with Crippen LogP contribution in [-0.2, 0) is 6.42 Å². The first-order chi connectivity index (χ1) is 8.17. The van der Waals surface area contributed by atoms with Crippen LogP contribution in [0.1, 0.15) is 49.5 Å². The minimum Gasteiger partial charge on any atom is -0.314 e. The highest BCUT2D eigenvalue weighted by Gasteiger charge is 2.10. The molecule has 0 radical (unpaired) electrons. The smallest absolute Gasteiger partial charge is 0.164 e. The van der Waals surface area contributed by atoms with Gasteiger partial charge in [-0.1, -0.05) is 44.5 Å². The molecule has 0 spiro atoms. The van der Waals surface area contributed by atoms with Crippen LogP contribution >= 0.6 is 0 Å². The molecule has 0 aromatic heterocycles. The number of aryl methyl sites for hydroxylation is 1. The third kappa shape index (κ3) is 4.70. The molecule has 1 aromatic carbocycles. The topological polar surface area (TPSA) is 29.1 Å². The Bertz CT molecular complexity index is 342. The van der Waals surface area contributed by atoms with E-state index in [1.807, 2.05) is 19.1 Å². The molecular formula is C15H23NO. The molecule has 1 rings (SSSR count). The number of Topliss-reactive ketones (excluding diaryl/α,β-unsaturated/α-hetero) is 1. The summed E-state index contributed by atoms with van der Waals surface area (Å²) >= 11 is 0. The van der Waals surface area contributed by atoms with Gasteiger partial charge in [0.25, 0.3) is 0 Å². The van der Waals surface area contributed by atoms with Gasteiger partial charge in [0, 0.05) is 18.0 Å². The zero-order valence-electron chi connectivity index (χ0n) is 11.1. The number of nitrogens with one attached hydrogen (secondary N) is 1. The first kappa shape index (κ1) is 13.9. The van der Waals surface area contributed by atoms with Crippen LogP contribution in [0.3, 0.4) is 0 Å². The summed E-state index contributed by atoms with van der Waals surface area (Å²) in [5.41, 5.74) is 2.14. The third-order valence-electron chi connectivity index (χ3n) is 2.86. The molecule has 0 aliphatic rings. The van der Waals surface area contributed by atoms with Crippen LogP contribution in [-0.4, -0.2) is 18.4 Å². The van der Waals surface area contributed by atoms with Crippen molar-refractivity contribution in [1.82, 2.24) is 5.32 Å². The molecule has 0 aliphatic carbocycles. The monoisotopic (exact) mass is 233 g/mol. The molecule has 0 bridgehead atoms. The maximum absolute atomic E-state index is 12.0. The maximum atomic E-state index is 12.0. The second-order valence-corrected chi connectivity index (χ2v) is 4.53. The van der Waals surface area contributed by atoms with E-state index in [9.17, 15) is 4.79 Å². The standard InChI is InChI=1S/C15H23NO/c1-4-6-13-7-9-14(10-8-13)15(17)11-12(3)16-5-2/h7-10,12,16H,4-6,11H2,1-3H3. The highest BCUT2D eigenvalue weighted by atomic mass is 16.1. The SMILES string of the molecule is CCCc1ccc(C(=O)CC(C)NCC)cc1. The highest BCUT2D eigenvalue weighted by molar-refractivity contribution is 5.96. The molecule has 94 valence electrons. The van der Waals surface area contributed by atoms with E-state index in [-0.39, 0.29) is 11.8 Å². The van der Waals surface area contributed by atoms with Crippen molar-refractivity contribution in [3.8, 4) is 0 Å². The summed E-state index contributed by atoms with van der Waals surface area (Å²) in [6.45, 7) is 7.18. The molecule has 0 fully saturated rings. The molecule has 0 heterocycles. The molecule has 17 heavy (non-hydrogen) atoms. The van der Waals surface area contributed by atoms with Gasteiger partial charge in [-0.05, 0) is 25.5 Å². The van der Waals surface area contributed by atoms with Gasteiger partial charge in [-0.15, -0.1) is 0 Å². The third-order valence-corrected chi connectivity index (χ3v) is 2.86. The van der Waals surface area contributed by atoms with Crippen molar-refractivity contribution in [1.29, 1.82) is 0 Å². The average molecular weight is 233 g/mol. The van der Waals surface area contributed by atoms with Gasteiger partial charge in [0.15, 0.2) is 5.78 Å². The minimum atomic E-state index is 0.224. The second kappa shape index (κ2) is 7.23. The lowest BCUT2D eigenvalue weighted by atomic mass is 10.0. The number of rotatable bonds is 7. The summed E-state index contributed by atoms with van der Waals surface area (Å²) in [4.78, 5) is 12.0. The van der Waals surface area contributed by atoms with Crippen LogP contribution in [0.15, 0.2) is 24.3 Å². The van der Waals surface area contributed by atoms with Gasteiger partial charge in [-0.2, -0.15) is 0 Å². The normalized spacial score (nSPS) is 12.4. The van der Waals surface area contributed by atoms with Crippen molar-refractivity contribution >= 4 is 5.78 Å². The molecule has 0 saturated carbocycles. The van der Waals surface area contributed by atoms with E-state index in [1.54, 1.807) is 0 Å². The van der Waals surface area contributed by atoms with E-state index in [2.05, 4.69) is 31.3 Å². The summed E-state index contributed by atoms with van der Waals surface area (Å²) in [5, 5.41) is 3.26. The fourth-order valence-electron chi connectivity index (χ4n) is 1.96. The first-order valence-electron chi connectivity index (χ1n) is 6.52. The average Bonchev–Trinajstić information content (AvgIpc) is 2.30. The van der Waals surface area contributed by atoms with Gasteiger partial charge in [-0.25, -0.2) is 0 Å². The Morgan fingerprint density at radius 1 is 1.24 bits per heavy atom. The van der Waals surface area contributed by atoms with Crippen molar-refractivity contribution in [3.05, 3.63) is 35.4 Å². The van der Waals surface area contributed by atoms with E-state index in [4.69, 9.17) is 0 Å². The molecule has 2 nitrogen and oxygen atoms in total. The molecule has 1 atom stereocenters. The highest BCUT2D eigenvalue weighted by Crippen LogP contribution is 2.09. The fourth-order valence-corrected chi connectivity index (χ4v) is 1.96. The molecule has 0 saturated heterocycles. The number of hydrogen-bond donors (Lipinski definition) is 1. The Kier molecular flexibility index (Phi) is 5.92. The Labute approximate surface area is 104 Å². The van der Waals surface area contributed by atoms with Crippen LogP contribution in [0.25, 0.3) is 0 Å². The van der Waals surface area contributed by atoms with Crippen LogP contribution in [0.2, 0.25) is 0 Å². The summed E-state index contributed by atoms with van der Waals surface area (Å²) in [5.74, 6) is 0.224. The zero-order chi connectivity index (χ0) is 12.7. The van der Waals surface area contributed by atoms with Crippen molar-refractivity contribution < 1.29 is 4.79 Å². The van der Waals surface area contributed by atoms with Crippen molar-refractivity contribution in [2.75, 3.05) is 6.54 Å². The van der Waals surface area contributed by atoms with Crippen LogP contribution < -0.4 is 5.32 Å². The van der Waals surface area contributed by atoms with Crippen molar-refractivity contribution in [2.24, 2.45) is 0 Å². The van der Waals surface area contributed by atoms with E-state index in [1.165, 1.54) is 5.56 Å². The van der Waals surface area contributed by atoms with Crippen LogP contribution in [0, 0.1) is 0 Å². The molecule has 2 heteroatoms. The quantitative estimate of drug-likeness (QED) is 0.733. The second-order valence-electron chi connectivity index (χ2n) is 4.53. The van der Waals surface area contributed by atoms with Gasteiger partial charge in [0.2, 0.25) is 0 Å². The lowest BCUT2D eigenvalue weighted by Gasteiger charge is -2.11. The Hall–Kier alpha value is -1.15.